The topological polar surface area (TPSA) is 54.3 Å². The van der Waals surface area contributed by atoms with Crippen molar-refractivity contribution in [2.75, 3.05) is 7.05 Å². The van der Waals surface area contributed by atoms with Crippen molar-refractivity contribution in [1.82, 2.24) is 14.8 Å². The molecule has 1 N–H and O–H groups in total. The van der Waals surface area contributed by atoms with E-state index in [4.69, 9.17) is 12.2 Å². The molecular weight excluding hydrogens is 442 g/mol. The molecule has 1 aliphatic heterocycles. The molecule has 1 aliphatic rings. The van der Waals surface area contributed by atoms with Crippen molar-refractivity contribution < 1.29 is 9.59 Å². The molecule has 166 valence electrons. The summed E-state index contributed by atoms with van der Waals surface area (Å²) in [6.07, 6.45) is 1.66. The Balaban J connectivity index is 1.82. The number of carbonyl (C=O) groups excluding carboxylic acids is 2. The molecule has 0 radical (unpaired) electrons. The Labute approximate surface area is 203 Å². The number of nitrogens with one attached hydrogen (secondary N) is 1. The second-order valence-corrected chi connectivity index (χ2v) is 8.30. The fraction of sp³-hybridized carbons (Fsp3) is 0.0357. The number of rotatable bonds is 4. The first-order chi connectivity index (χ1) is 16.5. The second kappa shape index (κ2) is 8.92. The van der Waals surface area contributed by atoms with Crippen molar-refractivity contribution in [3.63, 3.8) is 0 Å². The molecule has 5 rings (SSSR count). The third-order valence-electron chi connectivity index (χ3n) is 5.77. The van der Waals surface area contributed by atoms with E-state index in [9.17, 15) is 9.59 Å². The number of para-hydroxylation sites is 1. The quantitative estimate of drug-likeness (QED) is 0.261. The summed E-state index contributed by atoms with van der Waals surface area (Å²) in [4.78, 5) is 26.9. The Kier molecular flexibility index (Phi) is 5.65. The number of aromatic nitrogens is 1. The molecule has 2 amide bonds. The number of thiocarbonyl (C=S) groups is 1. The summed E-state index contributed by atoms with van der Waals surface area (Å²) in [5.41, 5.74) is 5.59. The van der Waals surface area contributed by atoms with E-state index in [1.807, 2.05) is 97.1 Å². The van der Waals surface area contributed by atoms with Gasteiger partial charge in [-0.25, -0.2) is 0 Å². The highest BCUT2D eigenvalue weighted by Gasteiger charge is 2.31. The van der Waals surface area contributed by atoms with Crippen LogP contribution < -0.4 is 5.32 Å². The standard InChI is InChI=1S/C28H21N3O2S/c1-30-27(33)23(26(32)29-28(30)34)17-21-18-24(19-11-5-2-6-12-19)31(22-15-9-4-10-16-22)25(21)20-13-7-3-8-14-20/h2-18H,1H3,(H,29,32,34)/b23-17-. The van der Waals surface area contributed by atoms with E-state index in [0.29, 0.717) is 0 Å². The molecule has 1 fully saturated rings. The van der Waals surface area contributed by atoms with Crippen LogP contribution in [0.1, 0.15) is 5.56 Å². The lowest BCUT2D eigenvalue weighted by Crippen LogP contribution is -2.52. The summed E-state index contributed by atoms with van der Waals surface area (Å²) in [6, 6.07) is 32.1. The molecule has 1 aromatic heterocycles. The van der Waals surface area contributed by atoms with Gasteiger partial charge in [0.05, 0.1) is 11.4 Å². The average molecular weight is 464 g/mol. The highest BCUT2D eigenvalue weighted by Crippen LogP contribution is 2.37. The molecule has 5 nitrogen and oxygen atoms in total. The van der Waals surface area contributed by atoms with Crippen LogP contribution in [0.4, 0.5) is 0 Å². The van der Waals surface area contributed by atoms with Gasteiger partial charge in [-0.1, -0.05) is 78.9 Å². The molecule has 0 aliphatic carbocycles. The minimum atomic E-state index is -0.499. The van der Waals surface area contributed by atoms with Crippen LogP contribution in [0.5, 0.6) is 0 Å². The first-order valence-corrected chi connectivity index (χ1v) is 11.2. The smallest absolute Gasteiger partial charge is 0.265 e. The first-order valence-electron chi connectivity index (χ1n) is 10.8. The van der Waals surface area contributed by atoms with Gasteiger partial charge in [0.15, 0.2) is 5.11 Å². The molecule has 2 heterocycles. The van der Waals surface area contributed by atoms with Gasteiger partial charge in [-0.3, -0.25) is 19.8 Å². The van der Waals surface area contributed by atoms with Crippen molar-refractivity contribution in [3.05, 3.63) is 108 Å². The van der Waals surface area contributed by atoms with Crippen molar-refractivity contribution in [2.45, 2.75) is 0 Å². The number of likely N-dealkylation sites (N-methyl/N-ethyl adjacent to an activating group) is 1. The molecule has 1 saturated heterocycles. The molecule has 4 aromatic rings. The summed E-state index contributed by atoms with van der Waals surface area (Å²) in [7, 11) is 1.56. The summed E-state index contributed by atoms with van der Waals surface area (Å²) in [6.45, 7) is 0. The Bertz CT molecular complexity index is 1420. The van der Waals surface area contributed by atoms with Crippen molar-refractivity contribution in [2.24, 2.45) is 0 Å². The molecule has 34 heavy (non-hydrogen) atoms. The van der Waals surface area contributed by atoms with E-state index in [1.54, 1.807) is 13.1 Å². The van der Waals surface area contributed by atoms with Gasteiger partial charge < -0.3 is 4.57 Å². The van der Waals surface area contributed by atoms with Crippen LogP contribution in [-0.2, 0) is 9.59 Å². The Morgan fingerprint density at radius 2 is 1.35 bits per heavy atom. The van der Waals surface area contributed by atoms with E-state index < -0.39 is 11.8 Å². The molecule has 0 bridgehead atoms. The lowest BCUT2D eigenvalue weighted by Gasteiger charge is -2.25. The molecule has 0 unspecified atom stereocenters. The molecule has 0 saturated carbocycles. The zero-order valence-electron chi connectivity index (χ0n) is 18.4. The van der Waals surface area contributed by atoms with Crippen LogP contribution in [0.15, 0.2) is 103 Å². The molecule has 0 atom stereocenters. The predicted octanol–water partition coefficient (Wildman–Crippen LogP) is 5.07. The molecule has 6 heteroatoms. The average Bonchev–Trinajstić information content (AvgIpc) is 3.26. The van der Waals surface area contributed by atoms with Crippen molar-refractivity contribution >= 4 is 35.2 Å². The maximum Gasteiger partial charge on any atom is 0.265 e. The van der Waals surface area contributed by atoms with Crippen LogP contribution in [0.3, 0.4) is 0 Å². The zero-order valence-corrected chi connectivity index (χ0v) is 19.3. The normalized spacial score (nSPS) is 15.0. The fourth-order valence-electron chi connectivity index (χ4n) is 4.10. The third kappa shape index (κ3) is 3.84. The van der Waals surface area contributed by atoms with Crippen LogP contribution in [0, 0.1) is 0 Å². The highest BCUT2D eigenvalue weighted by molar-refractivity contribution is 7.80. The minimum Gasteiger partial charge on any atom is -0.309 e. The number of carbonyl (C=O) groups is 2. The first kappa shape index (κ1) is 21.6. The Morgan fingerprint density at radius 3 is 1.97 bits per heavy atom. The van der Waals surface area contributed by atoms with Crippen LogP contribution in [0.25, 0.3) is 34.3 Å². The largest absolute Gasteiger partial charge is 0.309 e. The number of amides is 2. The van der Waals surface area contributed by atoms with Gasteiger partial charge in [-0.2, -0.15) is 0 Å². The second-order valence-electron chi connectivity index (χ2n) is 7.92. The van der Waals surface area contributed by atoms with Gasteiger partial charge in [-0.05, 0) is 47.6 Å². The minimum absolute atomic E-state index is 0.0399. The summed E-state index contributed by atoms with van der Waals surface area (Å²) in [5, 5.41) is 2.70. The van der Waals surface area contributed by atoms with Gasteiger partial charge >= 0.3 is 0 Å². The van der Waals surface area contributed by atoms with Gasteiger partial charge in [0.25, 0.3) is 11.8 Å². The lowest BCUT2D eigenvalue weighted by molar-refractivity contribution is -0.128. The molecular formula is C28H21N3O2S. The van der Waals surface area contributed by atoms with Crippen molar-refractivity contribution in [1.29, 1.82) is 0 Å². The summed E-state index contributed by atoms with van der Waals surface area (Å²) < 4.78 is 2.16. The van der Waals surface area contributed by atoms with Crippen LogP contribution in [-0.4, -0.2) is 33.4 Å². The summed E-state index contributed by atoms with van der Waals surface area (Å²) in [5.74, 6) is -0.928. The SMILES string of the molecule is CN1C(=O)/C(=C\c2cc(-c3ccccc3)n(-c3ccccc3)c2-c2ccccc2)C(=O)NC1=S. The van der Waals surface area contributed by atoms with Crippen LogP contribution >= 0.6 is 12.2 Å². The Hall–Kier alpha value is -4.29. The highest BCUT2D eigenvalue weighted by atomic mass is 32.1. The van der Waals surface area contributed by atoms with Gasteiger partial charge in [0.2, 0.25) is 0 Å². The number of hydrogen-bond donors (Lipinski definition) is 1. The van der Waals surface area contributed by atoms with Gasteiger partial charge in [-0.15, -0.1) is 0 Å². The van der Waals surface area contributed by atoms with Gasteiger partial charge in [0.1, 0.15) is 5.57 Å². The zero-order chi connectivity index (χ0) is 23.7. The van der Waals surface area contributed by atoms with Gasteiger partial charge in [0, 0.05) is 18.3 Å². The van der Waals surface area contributed by atoms with E-state index in [-0.39, 0.29) is 10.7 Å². The van der Waals surface area contributed by atoms with E-state index in [1.165, 1.54) is 4.90 Å². The maximum atomic E-state index is 12.9. The maximum absolute atomic E-state index is 12.9. The van der Waals surface area contributed by atoms with E-state index in [2.05, 4.69) is 9.88 Å². The molecule has 0 spiro atoms. The number of benzene rings is 3. The lowest BCUT2D eigenvalue weighted by atomic mass is 10.0. The number of nitrogens with zero attached hydrogens (tertiary/aromatic N) is 2. The van der Waals surface area contributed by atoms with Crippen molar-refractivity contribution in [3.8, 4) is 28.2 Å². The monoisotopic (exact) mass is 463 g/mol. The number of hydrogen-bond acceptors (Lipinski definition) is 3. The van der Waals surface area contributed by atoms with Crippen LogP contribution in [0.2, 0.25) is 0 Å². The van der Waals surface area contributed by atoms with E-state index >= 15 is 0 Å². The third-order valence-corrected chi connectivity index (χ3v) is 6.14. The predicted molar refractivity (Wildman–Crippen MR) is 138 cm³/mol. The molecule has 3 aromatic carbocycles. The van der Waals surface area contributed by atoms with E-state index in [0.717, 1.165) is 33.8 Å². The Morgan fingerprint density at radius 1 is 0.794 bits per heavy atom. The summed E-state index contributed by atoms with van der Waals surface area (Å²) >= 11 is 5.10. The fourth-order valence-corrected chi connectivity index (χ4v) is 4.27.